The molecule has 3 nitrogen and oxygen atoms in total. The monoisotopic (exact) mass is 283 g/mol. The van der Waals surface area contributed by atoms with Gasteiger partial charge in [-0.2, -0.15) is 13.2 Å². The van der Waals surface area contributed by atoms with Crippen molar-refractivity contribution >= 4 is 0 Å². The summed E-state index contributed by atoms with van der Waals surface area (Å²) >= 11 is 0. The Balaban J connectivity index is 2.23. The van der Waals surface area contributed by atoms with E-state index in [2.05, 4.69) is 4.98 Å². The molecule has 1 heterocycles. The van der Waals surface area contributed by atoms with E-state index in [1.54, 1.807) is 18.2 Å². The normalized spacial score (nSPS) is 11.4. The van der Waals surface area contributed by atoms with E-state index < -0.39 is 18.3 Å². The Morgan fingerprint density at radius 1 is 1.15 bits per heavy atom. The number of aromatic nitrogens is 1. The van der Waals surface area contributed by atoms with Crippen molar-refractivity contribution in [2.75, 3.05) is 0 Å². The zero-order valence-corrected chi connectivity index (χ0v) is 10.4. The molecule has 1 aromatic carbocycles. The highest BCUT2D eigenvalue weighted by Crippen LogP contribution is 2.37. The number of rotatable bonds is 4. The maximum Gasteiger partial charge on any atom is 0.419 e. The molecule has 0 radical (unpaired) electrons. The highest BCUT2D eigenvalue weighted by molar-refractivity contribution is 5.39. The van der Waals surface area contributed by atoms with Crippen LogP contribution < -0.4 is 4.74 Å². The average molecular weight is 283 g/mol. The lowest BCUT2D eigenvalue weighted by molar-refractivity contribution is -0.139. The Bertz CT molecular complexity index is 570. The quantitative estimate of drug-likeness (QED) is 0.937. The molecule has 0 atom stereocenters. The molecule has 0 aliphatic carbocycles. The molecule has 0 bridgehead atoms. The highest BCUT2D eigenvalue weighted by atomic mass is 19.4. The van der Waals surface area contributed by atoms with Crippen LogP contribution in [0.3, 0.4) is 0 Å². The molecule has 6 heteroatoms. The lowest BCUT2D eigenvalue weighted by atomic mass is 10.1. The zero-order valence-electron chi connectivity index (χ0n) is 10.4. The van der Waals surface area contributed by atoms with E-state index in [-0.39, 0.29) is 17.9 Å². The molecular weight excluding hydrogens is 271 g/mol. The third-order valence-electron chi connectivity index (χ3n) is 2.63. The van der Waals surface area contributed by atoms with Crippen LogP contribution in [-0.2, 0) is 19.4 Å². The fourth-order valence-corrected chi connectivity index (χ4v) is 1.66. The van der Waals surface area contributed by atoms with Gasteiger partial charge in [0, 0.05) is 6.20 Å². The van der Waals surface area contributed by atoms with Crippen molar-refractivity contribution in [2.45, 2.75) is 19.4 Å². The number of ether oxygens (including phenoxy) is 1. The third kappa shape index (κ3) is 3.48. The van der Waals surface area contributed by atoms with Crippen LogP contribution in [0.2, 0.25) is 0 Å². The second-order valence-corrected chi connectivity index (χ2v) is 4.10. The van der Waals surface area contributed by atoms with E-state index in [9.17, 15) is 13.2 Å². The number of hydrogen-bond donors (Lipinski definition) is 1. The maximum atomic E-state index is 12.9. The summed E-state index contributed by atoms with van der Waals surface area (Å²) in [4.78, 5) is 3.97. The standard InChI is InChI=1S/C14H12F3NO2/c15-14(16,17)12-7-10(8-19)4-5-13(12)20-9-11-3-1-2-6-18-11/h1-7,19H,8-9H2. The van der Waals surface area contributed by atoms with Gasteiger partial charge < -0.3 is 9.84 Å². The summed E-state index contributed by atoms with van der Waals surface area (Å²) in [6.07, 6.45) is -3.00. The lowest BCUT2D eigenvalue weighted by Gasteiger charge is -2.14. The van der Waals surface area contributed by atoms with Gasteiger partial charge in [0.15, 0.2) is 0 Å². The van der Waals surface area contributed by atoms with Crippen molar-refractivity contribution in [3.8, 4) is 5.75 Å². The van der Waals surface area contributed by atoms with Crippen LogP contribution >= 0.6 is 0 Å². The number of pyridine rings is 1. The molecule has 0 fully saturated rings. The van der Waals surface area contributed by atoms with Crippen molar-refractivity contribution in [3.63, 3.8) is 0 Å². The number of alkyl halides is 3. The van der Waals surface area contributed by atoms with E-state index in [1.165, 1.54) is 18.3 Å². The number of aliphatic hydroxyl groups excluding tert-OH is 1. The molecule has 2 rings (SSSR count). The van der Waals surface area contributed by atoms with Gasteiger partial charge >= 0.3 is 6.18 Å². The minimum absolute atomic E-state index is 0.0532. The van der Waals surface area contributed by atoms with Crippen LogP contribution in [0, 0.1) is 0 Å². The number of halogens is 3. The predicted molar refractivity (Wildman–Crippen MR) is 65.9 cm³/mol. The second kappa shape index (κ2) is 5.92. The van der Waals surface area contributed by atoms with Crippen LogP contribution in [0.25, 0.3) is 0 Å². The lowest BCUT2D eigenvalue weighted by Crippen LogP contribution is -2.10. The molecule has 0 unspecified atom stereocenters. The molecule has 1 aromatic heterocycles. The van der Waals surface area contributed by atoms with Crippen LogP contribution in [0.4, 0.5) is 13.2 Å². The fourth-order valence-electron chi connectivity index (χ4n) is 1.66. The largest absolute Gasteiger partial charge is 0.487 e. The maximum absolute atomic E-state index is 12.9. The summed E-state index contributed by atoms with van der Waals surface area (Å²) < 4.78 is 43.9. The van der Waals surface area contributed by atoms with Crippen molar-refractivity contribution in [1.29, 1.82) is 0 Å². The summed E-state index contributed by atoms with van der Waals surface area (Å²) in [6.45, 7) is -0.508. The Labute approximate surface area is 113 Å². The number of hydrogen-bond acceptors (Lipinski definition) is 3. The molecular formula is C14H12F3NO2. The van der Waals surface area contributed by atoms with Gasteiger partial charge in [-0.25, -0.2) is 0 Å². The first-order valence-corrected chi connectivity index (χ1v) is 5.84. The fraction of sp³-hybridized carbons (Fsp3) is 0.214. The molecule has 0 saturated carbocycles. The second-order valence-electron chi connectivity index (χ2n) is 4.10. The van der Waals surface area contributed by atoms with Crippen molar-refractivity contribution in [1.82, 2.24) is 4.98 Å². The van der Waals surface area contributed by atoms with Crippen molar-refractivity contribution < 1.29 is 23.0 Å². The number of benzene rings is 1. The molecule has 20 heavy (non-hydrogen) atoms. The van der Waals surface area contributed by atoms with Crippen LogP contribution in [-0.4, -0.2) is 10.1 Å². The Morgan fingerprint density at radius 2 is 1.95 bits per heavy atom. The van der Waals surface area contributed by atoms with E-state index in [0.717, 1.165) is 6.07 Å². The van der Waals surface area contributed by atoms with Gasteiger partial charge in [-0.05, 0) is 29.8 Å². The summed E-state index contributed by atoms with van der Waals surface area (Å²) in [7, 11) is 0. The van der Waals surface area contributed by atoms with Crippen LogP contribution in [0.5, 0.6) is 5.75 Å². The summed E-state index contributed by atoms with van der Waals surface area (Å²) in [5.41, 5.74) is -0.186. The molecule has 2 aromatic rings. The summed E-state index contributed by atoms with van der Waals surface area (Å²) in [5, 5.41) is 8.91. The van der Waals surface area contributed by atoms with E-state index >= 15 is 0 Å². The Morgan fingerprint density at radius 3 is 2.55 bits per heavy atom. The molecule has 106 valence electrons. The minimum atomic E-state index is -4.54. The zero-order chi connectivity index (χ0) is 14.6. The SMILES string of the molecule is OCc1ccc(OCc2ccccn2)c(C(F)(F)F)c1. The number of aliphatic hydroxyl groups is 1. The molecule has 0 aliphatic rings. The number of nitrogens with zero attached hydrogens (tertiary/aromatic N) is 1. The first-order chi connectivity index (χ1) is 9.50. The smallest absolute Gasteiger partial charge is 0.419 e. The van der Waals surface area contributed by atoms with E-state index in [4.69, 9.17) is 9.84 Å². The minimum Gasteiger partial charge on any atom is -0.487 e. The van der Waals surface area contributed by atoms with Crippen LogP contribution in [0.15, 0.2) is 42.6 Å². The van der Waals surface area contributed by atoms with Crippen LogP contribution in [0.1, 0.15) is 16.8 Å². The van der Waals surface area contributed by atoms with Gasteiger partial charge in [-0.1, -0.05) is 12.1 Å². The Kier molecular flexibility index (Phi) is 4.24. The first kappa shape index (κ1) is 14.3. The molecule has 0 amide bonds. The van der Waals surface area contributed by atoms with Gasteiger partial charge in [0.05, 0.1) is 17.9 Å². The average Bonchev–Trinajstić information content (AvgIpc) is 2.45. The van der Waals surface area contributed by atoms with Gasteiger partial charge in [-0.15, -0.1) is 0 Å². The van der Waals surface area contributed by atoms with Gasteiger partial charge in [0.1, 0.15) is 12.4 Å². The summed E-state index contributed by atoms with van der Waals surface area (Å²) in [5.74, 6) is -0.277. The van der Waals surface area contributed by atoms with Gasteiger partial charge in [0.25, 0.3) is 0 Å². The molecule has 0 spiro atoms. The van der Waals surface area contributed by atoms with Crippen molar-refractivity contribution in [2.24, 2.45) is 0 Å². The van der Waals surface area contributed by atoms with Crippen molar-refractivity contribution in [3.05, 3.63) is 59.4 Å². The Hall–Kier alpha value is -2.08. The molecule has 0 saturated heterocycles. The van der Waals surface area contributed by atoms with E-state index in [1.807, 2.05) is 0 Å². The van der Waals surface area contributed by atoms with E-state index in [0.29, 0.717) is 5.69 Å². The summed E-state index contributed by atoms with van der Waals surface area (Å²) in [6, 6.07) is 8.58. The third-order valence-corrected chi connectivity index (χ3v) is 2.63. The molecule has 0 aliphatic heterocycles. The van der Waals surface area contributed by atoms with Gasteiger partial charge in [-0.3, -0.25) is 4.98 Å². The highest BCUT2D eigenvalue weighted by Gasteiger charge is 2.34. The van der Waals surface area contributed by atoms with Gasteiger partial charge in [0.2, 0.25) is 0 Å². The predicted octanol–water partition coefficient (Wildman–Crippen LogP) is 3.17. The first-order valence-electron chi connectivity index (χ1n) is 5.84. The molecule has 1 N–H and O–H groups in total. The topological polar surface area (TPSA) is 42.4 Å².